The lowest BCUT2D eigenvalue weighted by Gasteiger charge is -2.31. The molecule has 0 heterocycles. The van der Waals surface area contributed by atoms with E-state index in [1.807, 2.05) is 18.2 Å². The Morgan fingerprint density at radius 1 is 1.04 bits per heavy atom. The van der Waals surface area contributed by atoms with E-state index in [1.165, 1.54) is 11.6 Å². The number of halogens is 1. The van der Waals surface area contributed by atoms with Gasteiger partial charge in [0.05, 0.1) is 6.10 Å². The molecule has 0 amide bonds. The van der Waals surface area contributed by atoms with E-state index in [-0.39, 0.29) is 34.5 Å². The number of hydrogen-bond donors (Lipinski definition) is 4. The molecular weight excluding hydrogens is 370 g/mol. The van der Waals surface area contributed by atoms with Gasteiger partial charge in [0.1, 0.15) is 0 Å². The second kappa shape index (κ2) is 8.51. The third-order valence-corrected chi connectivity index (χ3v) is 4.59. The van der Waals surface area contributed by atoms with Gasteiger partial charge in [-0.25, -0.2) is 0 Å². The van der Waals surface area contributed by atoms with Crippen LogP contribution in [0.15, 0.2) is 42.5 Å². The first kappa shape index (κ1) is 18.8. The number of aromatic hydroxyl groups is 2. The maximum atomic E-state index is 10.5. The molecule has 0 bridgehead atoms. The molecule has 0 radical (unpaired) electrons. The van der Waals surface area contributed by atoms with Crippen LogP contribution in [0.5, 0.6) is 11.5 Å². The third kappa shape index (κ3) is 4.09. The van der Waals surface area contributed by atoms with E-state index in [0.29, 0.717) is 17.5 Å². The SMILES string of the molecule is Br.Oc1ccc2c(c1O)CCC(NCCCc1ccccc1)C2O. The van der Waals surface area contributed by atoms with Crippen molar-refractivity contribution in [2.45, 2.75) is 37.8 Å². The minimum Gasteiger partial charge on any atom is -0.504 e. The molecule has 2 aromatic carbocycles. The summed E-state index contributed by atoms with van der Waals surface area (Å²) >= 11 is 0. The largest absolute Gasteiger partial charge is 0.504 e. The number of phenols is 2. The predicted molar refractivity (Wildman–Crippen MR) is 99.9 cm³/mol. The lowest BCUT2D eigenvalue weighted by molar-refractivity contribution is 0.114. The molecule has 0 spiro atoms. The summed E-state index contributed by atoms with van der Waals surface area (Å²) in [6, 6.07) is 13.5. The molecule has 4 N–H and O–H groups in total. The van der Waals surface area contributed by atoms with E-state index in [0.717, 1.165) is 25.8 Å². The number of benzene rings is 2. The van der Waals surface area contributed by atoms with Crippen LogP contribution < -0.4 is 5.32 Å². The van der Waals surface area contributed by atoms with Crippen molar-refractivity contribution < 1.29 is 15.3 Å². The molecule has 24 heavy (non-hydrogen) atoms. The van der Waals surface area contributed by atoms with Gasteiger partial charge in [-0.1, -0.05) is 36.4 Å². The molecule has 1 aliphatic carbocycles. The molecule has 0 saturated carbocycles. The Kier molecular flexibility index (Phi) is 6.66. The molecule has 130 valence electrons. The van der Waals surface area contributed by atoms with Crippen molar-refractivity contribution in [1.82, 2.24) is 5.32 Å². The van der Waals surface area contributed by atoms with E-state index in [4.69, 9.17) is 0 Å². The van der Waals surface area contributed by atoms with Gasteiger partial charge in [0.15, 0.2) is 11.5 Å². The van der Waals surface area contributed by atoms with Gasteiger partial charge >= 0.3 is 0 Å². The van der Waals surface area contributed by atoms with Gasteiger partial charge in [-0.3, -0.25) is 0 Å². The van der Waals surface area contributed by atoms with Gasteiger partial charge < -0.3 is 20.6 Å². The van der Waals surface area contributed by atoms with Gasteiger partial charge in [0, 0.05) is 11.6 Å². The molecule has 0 saturated heterocycles. The van der Waals surface area contributed by atoms with Crippen LogP contribution in [0.1, 0.15) is 35.6 Å². The third-order valence-electron chi connectivity index (χ3n) is 4.59. The zero-order valence-electron chi connectivity index (χ0n) is 13.5. The van der Waals surface area contributed by atoms with Crippen molar-refractivity contribution in [3.63, 3.8) is 0 Å². The highest BCUT2D eigenvalue weighted by molar-refractivity contribution is 8.93. The second-order valence-electron chi connectivity index (χ2n) is 6.13. The van der Waals surface area contributed by atoms with Crippen LogP contribution in [0.25, 0.3) is 0 Å². The average molecular weight is 394 g/mol. The molecule has 0 aromatic heterocycles. The summed E-state index contributed by atoms with van der Waals surface area (Å²) in [6.45, 7) is 0.843. The Bertz CT molecular complexity index is 663. The van der Waals surface area contributed by atoms with Gasteiger partial charge in [-0.2, -0.15) is 0 Å². The van der Waals surface area contributed by atoms with Gasteiger partial charge in [-0.05, 0) is 49.4 Å². The van der Waals surface area contributed by atoms with Crippen LogP contribution in [0, 0.1) is 0 Å². The number of aliphatic hydroxyl groups excluding tert-OH is 1. The van der Waals surface area contributed by atoms with Crippen molar-refractivity contribution in [3.8, 4) is 11.5 Å². The Morgan fingerprint density at radius 2 is 1.79 bits per heavy atom. The summed E-state index contributed by atoms with van der Waals surface area (Å²) in [5, 5.41) is 33.4. The zero-order valence-corrected chi connectivity index (χ0v) is 15.2. The molecule has 5 heteroatoms. The summed E-state index contributed by atoms with van der Waals surface area (Å²) in [4.78, 5) is 0. The molecule has 2 aromatic rings. The summed E-state index contributed by atoms with van der Waals surface area (Å²) in [5.41, 5.74) is 2.70. The van der Waals surface area contributed by atoms with Crippen LogP contribution >= 0.6 is 17.0 Å². The fourth-order valence-corrected chi connectivity index (χ4v) is 3.29. The Balaban J connectivity index is 0.00000208. The minimum atomic E-state index is -0.651. The second-order valence-corrected chi connectivity index (χ2v) is 6.13. The van der Waals surface area contributed by atoms with Crippen LogP contribution in [-0.4, -0.2) is 27.9 Å². The van der Waals surface area contributed by atoms with E-state index in [2.05, 4.69) is 17.4 Å². The number of hydrogen-bond acceptors (Lipinski definition) is 4. The molecular formula is C19H24BrNO3. The van der Waals surface area contributed by atoms with Gasteiger partial charge in [0.2, 0.25) is 0 Å². The zero-order chi connectivity index (χ0) is 16.2. The average Bonchev–Trinajstić information content (AvgIpc) is 2.58. The molecule has 2 atom stereocenters. The lowest BCUT2D eigenvalue weighted by atomic mass is 9.85. The van der Waals surface area contributed by atoms with Crippen LogP contribution in [0.3, 0.4) is 0 Å². The van der Waals surface area contributed by atoms with Gasteiger partial charge in [-0.15, -0.1) is 17.0 Å². The summed E-state index contributed by atoms with van der Waals surface area (Å²) in [7, 11) is 0. The highest BCUT2D eigenvalue weighted by Crippen LogP contribution is 2.39. The maximum Gasteiger partial charge on any atom is 0.161 e. The van der Waals surface area contributed by atoms with Crippen molar-refractivity contribution >= 4 is 17.0 Å². The maximum absolute atomic E-state index is 10.5. The molecule has 2 unspecified atom stereocenters. The van der Waals surface area contributed by atoms with Crippen molar-refractivity contribution in [1.29, 1.82) is 0 Å². The summed E-state index contributed by atoms with van der Waals surface area (Å²) in [5.74, 6) is -0.214. The van der Waals surface area contributed by atoms with Crippen molar-refractivity contribution in [2.24, 2.45) is 0 Å². The fraction of sp³-hybridized carbons (Fsp3) is 0.368. The highest BCUT2D eigenvalue weighted by Gasteiger charge is 2.29. The first-order valence-electron chi connectivity index (χ1n) is 8.16. The number of rotatable bonds is 5. The number of nitrogens with one attached hydrogen (secondary N) is 1. The molecule has 0 aliphatic heterocycles. The standard InChI is InChI=1S/C19H23NO3.BrH/c21-17-11-9-14-15(19(17)23)8-10-16(18(14)22)20-12-4-7-13-5-2-1-3-6-13;/h1-3,5-6,9,11,16,18,20-23H,4,7-8,10,12H2;1H. The van der Waals surface area contributed by atoms with E-state index in [9.17, 15) is 15.3 Å². The fourth-order valence-electron chi connectivity index (χ4n) is 3.29. The first-order valence-corrected chi connectivity index (χ1v) is 8.16. The number of phenolic OH excluding ortho intramolecular Hbond substituents is 2. The van der Waals surface area contributed by atoms with E-state index in [1.54, 1.807) is 6.07 Å². The minimum absolute atomic E-state index is 0. The van der Waals surface area contributed by atoms with Crippen LogP contribution in [0.2, 0.25) is 0 Å². The monoisotopic (exact) mass is 393 g/mol. The Labute approximate surface area is 152 Å². The van der Waals surface area contributed by atoms with E-state index < -0.39 is 6.10 Å². The molecule has 0 fully saturated rings. The number of aryl methyl sites for hydroxylation is 1. The van der Waals surface area contributed by atoms with Crippen LogP contribution in [0.4, 0.5) is 0 Å². The smallest absolute Gasteiger partial charge is 0.161 e. The van der Waals surface area contributed by atoms with Gasteiger partial charge in [0.25, 0.3) is 0 Å². The highest BCUT2D eigenvalue weighted by atomic mass is 79.9. The topological polar surface area (TPSA) is 72.7 Å². The molecule has 1 aliphatic rings. The quantitative estimate of drug-likeness (QED) is 0.464. The number of aliphatic hydroxyl groups is 1. The lowest BCUT2D eigenvalue weighted by Crippen LogP contribution is -2.39. The molecule has 4 nitrogen and oxygen atoms in total. The Hall–Kier alpha value is -1.56. The van der Waals surface area contributed by atoms with Crippen LogP contribution in [-0.2, 0) is 12.8 Å². The predicted octanol–water partition coefficient (Wildman–Crippen LogP) is 3.25. The van der Waals surface area contributed by atoms with Crippen molar-refractivity contribution in [3.05, 3.63) is 59.2 Å². The van der Waals surface area contributed by atoms with E-state index >= 15 is 0 Å². The summed E-state index contributed by atoms with van der Waals surface area (Å²) < 4.78 is 0. The van der Waals surface area contributed by atoms with Crippen molar-refractivity contribution in [2.75, 3.05) is 6.54 Å². The Morgan fingerprint density at radius 3 is 2.54 bits per heavy atom. The first-order chi connectivity index (χ1) is 11.2. The molecule has 3 rings (SSSR count). The number of fused-ring (bicyclic) bond motifs is 1. The summed E-state index contributed by atoms with van der Waals surface area (Å²) in [6.07, 6.45) is 2.78. The normalized spacial score (nSPS) is 19.4.